The van der Waals surface area contributed by atoms with Crippen LogP contribution in [0.4, 0.5) is 27.2 Å². The number of hydrogen-bond acceptors (Lipinski definition) is 17. The number of nitrogens with zero attached hydrogens (tertiary/aromatic N) is 9. The Kier molecular flexibility index (Phi) is 19.1. The molecule has 0 atom stereocenters. The first-order valence-electron chi connectivity index (χ1n) is 15.3. The number of amides is 4. The minimum absolute atomic E-state index is 0.0640. The zero-order valence-corrected chi connectivity index (χ0v) is 30.2. The molecule has 0 radical (unpaired) electrons. The van der Waals surface area contributed by atoms with Gasteiger partial charge in [0.15, 0.2) is 24.0 Å². The van der Waals surface area contributed by atoms with Crippen molar-refractivity contribution < 1.29 is 57.2 Å². The van der Waals surface area contributed by atoms with Crippen molar-refractivity contribution in [2.75, 3.05) is 139 Å². The summed E-state index contributed by atoms with van der Waals surface area (Å²) < 4.78 is 41.3. The molecule has 2 saturated heterocycles. The molecular weight excluding hydrogens is 654 g/mol. The van der Waals surface area contributed by atoms with E-state index in [9.17, 15) is 9.59 Å². The molecule has 0 spiro atoms. The third-order valence-corrected chi connectivity index (χ3v) is 6.71. The Balaban J connectivity index is 0.000000347. The molecule has 0 aromatic carbocycles. The van der Waals surface area contributed by atoms with Crippen LogP contribution < -0.4 is 15.0 Å². The lowest BCUT2D eigenvalue weighted by atomic mass is 10.3. The van der Waals surface area contributed by atoms with E-state index in [4.69, 9.17) is 47.6 Å². The van der Waals surface area contributed by atoms with Gasteiger partial charge in [0.25, 0.3) is 0 Å². The molecule has 1 aromatic rings. The molecule has 3 rings (SSSR count). The summed E-state index contributed by atoms with van der Waals surface area (Å²) in [6, 6.07) is 1.19. The van der Waals surface area contributed by atoms with Crippen LogP contribution in [-0.2, 0) is 47.6 Å². The highest BCUT2D eigenvalue weighted by molar-refractivity contribution is 5.85. The second-order valence-corrected chi connectivity index (χ2v) is 10.1. The first-order chi connectivity index (χ1) is 23.8. The fourth-order valence-corrected chi connectivity index (χ4v) is 5.00. The molecule has 2 fully saturated rings. The fraction of sp³-hybridized carbons (Fsp3) is 0.786. The zero-order chi connectivity index (χ0) is 36.3. The predicted molar refractivity (Wildman–Crippen MR) is 173 cm³/mol. The average molecular weight is 708 g/mol. The molecule has 0 aliphatic carbocycles. The second kappa shape index (κ2) is 22.4. The minimum atomic E-state index is -0.523. The number of hydrogen-bond donors (Lipinski definition) is 0. The molecule has 0 bridgehead atoms. The molecule has 3 heterocycles. The predicted octanol–water partition coefficient (Wildman–Crippen LogP) is 0.744. The van der Waals surface area contributed by atoms with Gasteiger partial charge < -0.3 is 37.9 Å². The van der Waals surface area contributed by atoms with Crippen LogP contribution in [0.3, 0.4) is 0 Å². The maximum absolute atomic E-state index is 12.6. The molecule has 21 nitrogen and oxygen atoms in total. The van der Waals surface area contributed by atoms with Crippen LogP contribution in [-0.4, -0.2) is 178 Å². The Morgan fingerprint density at radius 2 is 0.878 bits per heavy atom. The van der Waals surface area contributed by atoms with Gasteiger partial charge in [0.2, 0.25) is 5.95 Å². The van der Waals surface area contributed by atoms with Crippen molar-refractivity contribution in [3.05, 3.63) is 6.07 Å². The van der Waals surface area contributed by atoms with Crippen molar-refractivity contribution in [3.63, 3.8) is 0 Å². The molecule has 1 aromatic heterocycles. The molecule has 21 heteroatoms. The van der Waals surface area contributed by atoms with Crippen molar-refractivity contribution in [2.24, 2.45) is 0 Å². The Morgan fingerprint density at radius 3 is 1.14 bits per heavy atom. The highest BCUT2D eigenvalue weighted by Gasteiger charge is 2.59. The number of carbonyl (C=O) groups is 2. The van der Waals surface area contributed by atoms with Crippen LogP contribution >= 0.6 is 0 Å². The Hall–Kier alpha value is -3.38. The summed E-state index contributed by atoms with van der Waals surface area (Å²) in [7, 11) is 12.3. The first-order valence-corrected chi connectivity index (χ1v) is 15.3. The van der Waals surface area contributed by atoms with E-state index in [1.165, 1.54) is 58.2 Å². The van der Waals surface area contributed by atoms with E-state index < -0.39 is 12.3 Å². The summed E-state index contributed by atoms with van der Waals surface area (Å²) in [6.07, 6.45) is -1.05. The van der Waals surface area contributed by atoms with E-state index in [0.29, 0.717) is 30.8 Å². The molecule has 2 aliphatic rings. The quantitative estimate of drug-likeness (QED) is 0.115. The number of ether oxygens (including phenoxy) is 8. The number of rotatable bonds is 23. The third kappa shape index (κ3) is 10.8. The summed E-state index contributed by atoms with van der Waals surface area (Å²) in [4.78, 5) is 53.1. The number of hydroxylamine groups is 2. The maximum Gasteiger partial charge on any atom is 0.327 e. The average Bonchev–Trinajstić information content (AvgIpc) is 3.50. The molecule has 2 aliphatic heterocycles. The van der Waals surface area contributed by atoms with Crippen LogP contribution in [0, 0.1) is 0 Å². The SMILES string of the molecule is CCON(COC)c1cc(N(COC)OCC)nc(N(COC)COC)n1.COCN1C(=O)N(COC)C2C1N(COC)C(=O)N2COC. The summed E-state index contributed by atoms with van der Waals surface area (Å²) in [5.74, 6) is 1.38. The van der Waals surface area contributed by atoms with Gasteiger partial charge in [-0.1, -0.05) is 0 Å². The normalized spacial score (nSPS) is 17.1. The summed E-state index contributed by atoms with van der Waals surface area (Å²) in [5, 5.41) is 3.06. The lowest BCUT2D eigenvalue weighted by Gasteiger charge is -2.28. The van der Waals surface area contributed by atoms with Crippen molar-refractivity contribution in [3.8, 4) is 0 Å². The van der Waals surface area contributed by atoms with Gasteiger partial charge >= 0.3 is 12.1 Å². The van der Waals surface area contributed by atoms with Crippen LogP contribution in [0.25, 0.3) is 0 Å². The van der Waals surface area contributed by atoms with E-state index >= 15 is 0 Å². The zero-order valence-electron chi connectivity index (χ0n) is 30.2. The molecule has 282 valence electrons. The maximum atomic E-state index is 12.6. The number of methoxy groups -OCH3 is 8. The fourth-order valence-electron chi connectivity index (χ4n) is 5.00. The van der Waals surface area contributed by atoms with Gasteiger partial charge in [0.05, 0.1) is 13.2 Å². The number of fused-ring (bicyclic) bond motifs is 1. The molecular formula is C28H53N9O12. The van der Waals surface area contributed by atoms with E-state index in [1.54, 1.807) is 39.4 Å². The number of aromatic nitrogens is 2. The number of urea groups is 2. The molecule has 0 saturated carbocycles. The molecule has 0 unspecified atom stereocenters. The highest BCUT2D eigenvalue weighted by atomic mass is 16.7. The largest absolute Gasteiger partial charge is 0.364 e. The van der Waals surface area contributed by atoms with Crippen molar-refractivity contribution in [1.82, 2.24) is 29.6 Å². The van der Waals surface area contributed by atoms with E-state index in [0.717, 1.165) is 0 Å². The lowest BCUT2D eigenvalue weighted by molar-refractivity contribution is -0.0135. The van der Waals surface area contributed by atoms with Gasteiger partial charge in [-0.05, 0) is 13.8 Å². The van der Waals surface area contributed by atoms with Gasteiger partial charge in [-0.25, -0.2) is 19.7 Å². The van der Waals surface area contributed by atoms with Gasteiger partial charge in [-0.15, -0.1) is 0 Å². The summed E-state index contributed by atoms with van der Waals surface area (Å²) in [6.45, 7) is 5.79. The van der Waals surface area contributed by atoms with Gasteiger partial charge in [0, 0.05) is 62.9 Å². The van der Waals surface area contributed by atoms with Gasteiger partial charge in [-0.3, -0.25) is 34.2 Å². The van der Waals surface area contributed by atoms with E-state index in [2.05, 4.69) is 9.97 Å². The second-order valence-electron chi connectivity index (χ2n) is 10.1. The standard InChI is InChI=1S/C16H31N5O6.C12H22N4O6/c1-7-26-20(12-24-5)14-9-15(21(13-25-6)27-8-2)18-16(17-14)19(10-22-3)11-23-4;1-19-5-13-9-10(15(7-21-3)11(13)17)16(8-22-4)12(18)14(9)6-20-2/h9H,7-8,10-13H2,1-6H3;9-10H,5-8H2,1-4H3. The van der Waals surface area contributed by atoms with Crippen molar-refractivity contribution in [2.45, 2.75) is 26.2 Å². The van der Waals surface area contributed by atoms with Crippen LogP contribution in [0.1, 0.15) is 13.8 Å². The molecule has 0 N–H and O–H groups in total. The van der Waals surface area contributed by atoms with Crippen molar-refractivity contribution >= 4 is 29.6 Å². The van der Waals surface area contributed by atoms with Crippen LogP contribution in [0.2, 0.25) is 0 Å². The molecule has 49 heavy (non-hydrogen) atoms. The van der Waals surface area contributed by atoms with Crippen LogP contribution in [0.15, 0.2) is 6.07 Å². The topological polar surface area (TPSA) is 175 Å². The number of anilines is 3. The van der Waals surface area contributed by atoms with Crippen molar-refractivity contribution in [1.29, 1.82) is 0 Å². The highest BCUT2D eigenvalue weighted by Crippen LogP contribution is 2.34. The Bertz CT molecular complexity index is 941. The van der Waals surface area contributed by atoms with E-state index in [-0.39, 0.29) is 65.9 Å². The van der Waals surface area contributed by atoms with Gasteiger partial charge in [-0.2, -0.15) is 9.97 Å². The lowest BCUT2D eigenvalue weighted by Crippen LogP contribution is -2.48. The van der Waals surface area contributed by atoms with E-state index in [1.807, 2.05) is 13.8 Å². The van der Waals surface area contributed by atoms with Crippen LogP contribution in [0.5, 0.6) is 0 Å². The monoisotopic (exact) mass is 707 g/mol. The minimum Gasteiger partial charge on any atom is -0.364 e. The molecule has 4 amide bonds. The Labute approximate surface area is 287 Å². The summed E-state index contributed by atoms with van der Waals surface area (Å²) >= 11 is 0. The van der Waals surface area contributed by atoms with Gasteiger partial charge in [0.1, 0.15) is 53.8 Å². The summed E-state index contributed by atoms with van der Waals surface area (Å²) in [5.41, 5.74) is 0. The smallest absolute Gasteiger partial charge is 0.327 e. The number of carbonyl (C=O) groups excluding carboxylic acids is 2. The first kappa shape index (κ1) is 41.8. The Morgan fingerprint density at radius 1 is 0.551 bits per heavy atom. The third-order valence-electron chi connectivity index (χ3n) is 6.71.